The summed E-state index contributed by atoms with van der Waals surface area (Å²) in [6, 6.07) is 17.8. The van der Waals surface area contributed by atoms with Crippen molar-refractivity contribution in [3.05, 3.63) is 92.1 Å². The van der Waals surface area contributed by atoms with E-state index in [1.807, 2.05) is 29.6 Å². The maximum atomic E-state index is 10.8. The first-order valence-corrected chi connectivity index (χ1v) is 13.6. The fourth-order valence-corrected chi connectivity index (χ4v) is 4.58. The summed E-state index contributed by atoms with van der Waals surface area (Å²) >= 11 is 14.6. The van der Waals surface area contributed by atoms with Crippen molar-refractivity contribution in [1.82, 2.24) is 9.97 Å². The number of rotatable bonds is 9. The van der Waals surface area contributed by atoms with Crippen molar-refractivity contribution < 1.29 is 14.5 Å². The summed E-state index contributed by atoms with van der Waals surface area (Å²) in [6.07, 6.45) is 0. The van der Waals surface area contributed by atoms with Gasteiger partial charge >= 0.3 is 5.84 Å². The van der Waals surface area contributed by atoms with Crippen LogP contribution in [0.4, 0.5) is 0 Å². The van der Waals surface area contributed by atoms with E-state index in [9.17, 15) is 4.79 Å². The van der Waals surface area contributed by atoms with Crippen LogP contribution < -0.4 is 5.73 Å². The summed E-state index contributed by atoms with van der Waals surface area (Å²) in [7, 11) is 0. The number of halogens is 2. The number of primary amides is 1. The number of nitrogens with two attached hydrogens (primary N) is 1. The second kappa shape index (κ2) is 15.7. The van der Waals surface area contributed by atoms with Crippen LogP contribution in [-0.2, 0) is 27.7 Å². The average Bonchev–Trinajstić information content (AvgIpc) is 3.65. The fourth-order valence-electron chi connectivity index (χ4n) is 2.71. The molecule has 11 nitrogen and oxygen atoms in total. The van der Waals surface area contributed by atoms with Gasteiger partial charge in [-0.1, -0.05) is 59.2 Å². The first kappa shape index (κ1) is 30.7. The highest BCUT2D eigenvalue weighted by Gasteiger charge is 2.09. The molecule has 2 heterocycles. The van der Waals surface area contributed by atoms with Gasteiger partial charge in [0.2, 0.25) is 5.71 Å². The summed E-state index contributed by atoms with van der Waals surface area (Å²) in [5.74, 6) is -1.27. The molecule has 0 spiro atoms. The molecule has 0 saturated heterocycles. The molecule has 2 aromatic heterocycles. The van der Waals surface area contributed by atoms with E-state index in [-0.39, 0.29) is 19.0 Å². The number of hydrogen-bond donors (Lipinski definition) is 1. The first-order valence-electron chi connectivity index (χ1n) is 11.1. The summed E-state index contributed by atoms with van der Waals surface area (Å²) in [5, 5.41) is 30.5. The molecule has 0 radical (unpaired) electrons. The van der Waals surface area contributed by atoms with E-state index in [2.05, 4.69) is 25.1 Å². The van der Waals surface area contributed by atoms with Crippen molar-refractivity contribution in [3.63, 3.8) is 0 Å². The van der Waals surface area contributed by atoms with Crippen LogP contribution in [0, 0.1) is 29.2 Å². The molecule has 15 heteroatoms. The van der Waals surface area contributed by atoms with Gasteiger partial charge in [-0.15, -0.1) is 22.7 Å². The summed E-state index contributed by atoms with van der Waals surface area (Å²) < 4.78 is 0. The average molecular weight is 624 g/mol. The predicted molar refractivity (Wildman–Crippen MR) is 157 cm³/mol. The number of hydrogen-bond acceptors (Lipinski definition) is 11. The molecule has 0 aliphatic rings. The normalized spacial score (nSPS) is 10.8. The Morgan fingerprint density at radius 2 is 1.34 bits per heavy atom. The molecule has 0 bridgehead atoms. The Hall–Kier alpha value is -4.84. The third kappa shape index (κ3) is 9.69. The molecule has 0 saturated carbocycles. The monoisotopic (exact) mass is 622 g/mol. The highest BCUT2D eigenvalue weighted by atomic mass is 35.5. The van der Waals surface area contributed by atoms with Gasteiger partial charge < -0.3 is 20.3 Å². The largest absolute Gasteiger partial charge is 0.392 e. The molecular formula is C26H16Cl2N8O3S2. The SMILES string of the molecule is N#CC(=NOCc1csc(-c2ccc(Cl)cc2)n1)C(N)=O.[C-]#[N+]/C(C#N)=N\OCc1csc(-c2ccc(Cl)cc2)n1. The summed E-state index contributed by atoms with van der Waals surface area (Å²) in [6.45, 7) is 6.80. The van der Waals surface area contributed by atoms with Crippen molar-refractivity contribution in [2.24, 2.45) is 16.0 Å². The number of carbonyl (C=O) groups is 1. The van der Waals surface area contributed by atoms with Crippen molar-refractivity contribution in [2.45, 2.75) is 13.2 Å². The molecule has 4 aromatic rings. The summed E-state index contributed by atoms with van der Waals surface area (Å²) in [5.41, 5.74) is 7.66. The topological polar surface area (TPSA) is 164 Å². The molecule has 2 N–H and O–H groups in total. The highest BCUT2D eigenvalue weighted by Crippen LogP contribution is 2.26. The lowest BCUT2D eigenvalue weighted by Crippen LogP contribution is -2.21. The number of amidine groups is 1. The molecule has 0 unspecified atom stereocenters. The third-order valence-electron chi connectivity index (χ3n) is 4.56. The van der Waals surface area contributed by atoms with Crippen LogP contribution in [-0.4, -0.2) is 27.4 Å². The Morgan fingerprint density at radius 3 is 1.73 bits per heavy atom. The molecule has 0 fully saturated rings. The van der Waals surface area contributed by atoms with E-state index in [4.69, 9.17) is 55.7 Å². The molecule has 41 heavy (non-hydrogen) atoms. The van der Waals surface area contributed by atoms with Crippen LogP contribution in [0.3, 0.4) is 0 Å². The van der Waals surface area contributed by atoms with Crippen molar-refractivity contribution >= 4 is 63.3 Å². The van der Waals surface area contributed by atoms with E-state index >= 15 is 0 Å². The maximum Gasteiger partial charge on any atom is 0.392 e. The third-order valence-corrected chi connectivity index (χ3v) is 6.95. The van der Waals surface area contributed by atoms with Crippen LogP contribution in [0.15, 0.2) is 69.6 Å². The molecule has 4 rings (SSSR count). The number of nitrogens with zero attached hydrogens (tertiary/aromatic N) is 7. The number of nitriles is 2. The highest BCUT2D eigenvalue weighted by molar-refractivity contribution is 7.13. The lowest BCUT2D eigenvalue weighted by molar-refractivity contribution is -0.112. The zero-order valence-electron chi connectivity index (χ0n) is 20.7. The van der Waals surface area contributed by atoms with Gasteiger partial charge in [0, 0.05) is 31.9 Å². The number of aromatic nitrogens is 2. The van der Waals surface area contributed by atoms with Gasteiger partial charge in [-0.25, -0.2) is 15.2 Å². The van der Waals surface area contributed by atoms with Crippen LogP contribution in [0.1, 0.15) is 11.4 Å². The van der Waals surface area contributed by atoms with Gasteiger partial charge in [-0.3, -0.25) is 4.79 Å². The van der Waals surface area contributed by atoms with Crippen LogP contribution in [0.5, 0.6) is 0 Å². The van der Waals surface area contributed by atoms with Crippen molar-refractivity contribution in [2.75, 3.05) is 0 Å². The van der Waals surface area contributed by atoms with E-state index in [1.165, 1.54) is 22.7 Å². The smallest absolute Gasteiger partial charge is 0.388 e. The maximum absolute atomic E-state index is 10.8. The number of carbonyl (C=O) groups excluding carboxylic acids is 1. The molecule has 0 aliphatic heterocycles. The molecule has 204 valence electrons. The van der Waals surface area contributed by atoms with Crippen molar-refractivity contribution in [1.29, 1.82) is 10.5 Å². The molecule has 0 atom stereocenters. The van der Waals surface area contributed by atoms with Gasteiger partial charge in [0.05, 0.1) is 16.5 Å². The zero-order valence-corrected chi connectivity index (χ0v) is 23.8. The van der Waals surface area contributed by atoms with Gasteiger partial charge in [0.1, 0.15) is 22.2 Å². The van der Waals surface area contributed by atoms with E-state index < -0.39 is 11.6 Å². The molecule has 1 amide bonds. The minimum Gasteiger partial charge on any atom is -0.388 e. The van der Waals surface area contributed by atoms with Gasteiger partial charge in [0.15, 0.2) is 13.2 Å². The molecular weight excluding hydrogens is 607 g/mol. The van der Waals surface area contributed by atoms with Crippen LogP contribution in [0.25, 0.3) is 26.0 Å². The Kier molecular flexibility index (Phi) is 11.7. The van der Waals surface area contributed by atoms with E-state index in [0.29, 0.717) is 21.4 Å². The Balaban J connectivity index is 0.000000226. The van der Waals surface area contributed by atoms with Gasteiger partial charge in [0.25, 0.3) is 5.91 Å². The van der Waals surface area contributed by atoms with Gasteiger partial charge in [-0.05, 0) is 24.3 Å². The van der Waals surface area contributed by atoms with Crippen molar-refractivity contribution in [3.8, 4) is 33.3 Å². The first-order chi connectivity index (χ1) is 19.8. The second-order valence-electron chi connectivity index (χ2n) is 7.40. The minimum absolute atomic E-state index is 0.0442. The second-order valence-corrected chi connectivity index (χ2v) is 9.99. The molecule has 2 aromatic carbocycles. The number of thiazole rings is 2. The number of oxime groups is 2. The quantitative estimate of drug-likeness (QED) is 0.102. The Labute approximate surface area is 252 Å². The van der Waals surface area contributed by atoms with E-state index in [0.717, 1.165) is 21.1 Å². The molecule has 0 aliphatic carbocycles. The predicted octanol–water partition coefficient (Wildman–Crippen LogP) is 6.08. The minimum atomic E-state index is -0.933. The fraction of sp³-hybridized carbons (Fsp3) is 0.0769. The Morgan fingerprint density at radius 1 is 0.878 bits per heavy atom. The van der Waals surface area contributed by atoms with Gasteiger partial charge in [-0.2, -0.15) is 5.26 Å². The number of benzene rings is 2. The van der Waals surface area contributed by atoms with Crippen LogP contribution >= 0.6 is 45.9 Å². The van der Waals surface area contributed by atoms with E-state index in [1.54, 1.807) is 41.8 Å². The lowest BCUT2D eigenvalue weighted by Gasteiger charge is -1.97. The summed E-state index contributed by atoms with van der Waals surface area (Å²) in [4.78, 5) is 32.2. The van der Waals surface area contributed by atoms with Crippen LogP contribution in [0.2, 0.25) is 10.0 Å². The zero-order chi connectivity index (χ0) is 29.6. The standard InChI is InChI=1S/C13H9ClN4O2S.C13H7ClN4OS/c14-9-3-1-8(2-4-9)13-17-10(7-21-13)6-20-18-11(5-15)12(16)19;1-16-12(6-15)18-19-7-11-8-20-13(17-11)9-2-4-10(14)5-3-9/h1-4,7H,6H2,(H2,16,19);2-5,8H,7H2/b;18-12-. The lowest BCUT2D eigenvalue weighted by atomic mass is 10.2. The number of amides is 1. The Bertz CT molecular complexity index is 1660.